The highest BCUT2D eigenvalue weighted by atomic mass is 16.5. The Balaban J connectivity index is 0.000000370. The maximum absolute atomic E-state index is 5.88. The van der Waals surface area contributed by atoms with Crippen molar-refractivity contribution in [2.75, 3.05) is 119 Å². The number of para-hydroxylation sites is 1. The predicted molar refractivity (Wildman–Crippen MR) is 561 cm³/mol. The third kappa shape index (κ3) is 54.1. The van der Waals surface area contributed by atoms with Crippen molar-refractivity contribution in [3.63, 3.8) is 0 Å². The number of fused-ring (bicyclic) bond motifs is 8. The largest absolute Gasteiger partial charge is 0.494 e. The lowest BCUT2D eigenvalue weighted by molar-refractivity contribution is -0.0413. The van der Waals surface area contributed by atoms with E-state index >= 15 is 0 Å². The first-order chi connectivity index (χ1) is 63.6. The van der Waals surface area contributed by atoms with Gasteiger partial charge in [-0.25, -0.2) is 0 Å². The van der Waals surface area contributed by atoms with E-state index in [4.69, 9.17) is 61.6 Å². The molecule has 8 bridgehead atoms. The standard InChI is InChI=1S/C12H22O.C12H24O.C11H20O.C10H18O.C10H20O.C10H14O.C9H16O.C9H18O.C9H12O.C8H16O.C8H10O.C6H14O.C5H12O/c1-5-13-10-8-9-6-7-12(10,4)11(9,2)3;1-5-13-12-8-10(4)6-7-11(12)9(2)3;1-2-12-6-5-11-8-9-3-4-10(11)7-9;1-2-11-7-10-6-8-3-4-9(10)5-8;2*1-2-11-9-8-10-6-4-3-5-7-10;1-2-10-9-6-7-3-4-8(9)5-7;2*1-2-10-8-9-6-4-3-5-7-9;2*1-2-9-8-6-4-3-5-7-8;1-5-7-6(2,3)4;1-5(2,3)6-4/h9-10H,5-8H2,1-4H3;9-12H,5-8H2,1-4H3;9-11H,2-8H2,1H3;8-10H,2-7H2,1H3;10H,2-9H2,1H3;3-7H,2,8-9H2,1H3;7-9H,2-6H2,1H3;9H,2-8H2,1H3;3-7H,2,8H2,1H3;8H,2-7H2,1H3;3-7H,2H2,1H3;5H2,1-4H3;1-4H3. The molecule has 12 aliphatic carbocycles. The van der Waals surface area contributed by atoms with Crippen LogP contribution in [0.1, 0.15) is 402 Å². The molecule has 0 N–H and O–H groups in total. The molecule has 0 spiro atoms. The zero-order valence-electron chi connectivity index (χ0n) is 91.0. The molecule has 0 saturated heterocycles. The number of methoxy groups -OCH3 is 1. The summed E-state index contributed by atoms with van der Waals surface area (Å²) in [5.74, 6) is 14.4. The van der Waals surface area contributed by atoms with E-state index in [1.54, 1.807) is 7.11 Å². The molecule has 15 unspecified atom stereocenters. The smallest absolute Gasteiger partial charge is 0.119 e. The summed E-state index contributed by atoms with van der Waals surface area (Å²) in [5, 5.41) is 0. The maximum atomic E-state index is 5.88. The van der Waals surface area contributed by atoms with Crippen LogP contribution in [0.3, 0.4) is 0 Å². The Bertz CT molecular complexity index is 3010. The van der Waals surface area contributed by atoms with Crippen molar-refractivity contribution in [2.24, 2.45) is 93.7 Å². The molecule has 0 amide bonds. The number of ether oxygens (including phenoxy) is 13. The Kier molecular flexibility index (Phi) is 69.9. The van der Waals surface area contributed by atoms with Crippen LogP contribution >= 0.6 is 0 Å². The van der Waals surface area contributed by atoms with Gasteiger partial charge in [-0.05, 0) is 383 Å². The maximum Gasteiger partial charge on any atom is 0.119 e. The molecule has 132 heavy (non-hydrogen) atoms. The van der Waals surface area contributed by atoms with Gasteiger partial charge in [-0.15, -0.1) is 0 Å². The van der Waals surface area contributed by atoms with Gasteiger partial charge in [0, 0.05) is 106 Å². The van der Waals surface area contributed by atoms with Crippen molar-refractivity contribution in [1.29, 1.82) is 0 Å². The summed E-state index contributed by atoms with van der Waals surface area (Å²) < 4.78 is 70.2. The molecule has 770 valence electrons. The summed E-state index contributed by atoms with van der Waals surface area (Å²) in [6.07, 6.45) is 53.1. The predicted octanol–water partition coefficient (Wildman–Crippen LogP) is 32.0. The second-order valence-corrected chi connectivity index (χ2v) is 43.1. The summed E-state index contributed by atoms with van der Waals surface area (Å²) in [6.45, 7) is 67.1. The molecule has 15 atom stereocenters. The van der Waals surface area contributed by atoms with Gasteiger partial charge in [-0.2, -0.15) is 0 Å². The molecule has 15 rings (SSSR count). The van der Waals surface area contributed by atoms with Crippen LogP contribution in [0.15, 0.2) is 91.0 Å². The van der Waals surface area contributed by atoms with Gasteiger partial charge in [0.05, 0.1) is 55.4 Å². The third-order valence-electron chi connectivity index (χ3n) is 30.6. The highest BCUT2D eigenvalue weighted by molar-refractivity contribution is 5.21. The molecule has 0 aliphatic heterocycles. The molecule has 0 radical (unpaired) electrons. The van der Waals surface area contributed by atoms with Crippen LogP contribution < -0.4 is 4.74 Å². The molecule has 12 aliphatic rings. The van der Waals surface area contributed by atoms with Crippen molar-refractivity contribution in [2.45, 2.75) is 440 Å². The van der Waals surface area contributed by atoms with Gasteiger partial charge in [-0.3, -0.25) is 0 Å². The molecule has 13 heteroatoms. The number of hydrogen-bond donors (Lipinski definition) is 0. The summed E-state index contributed by atoms with van der Waals surface area (Å²) in [6, 6.07) is 30.4. The molecule has 13 nitrogen and oxygen atoms in total. The van der Waals surface area contributed by atoms with E-state index < -0.39 is 0 Å². The minimum absolute atomic E-state index is 0.0417. The fourth-order valence-corrected chi connectivity index (χ4v) is 22.5. The highest BCUT2D eigenvalue weighted by Crippen LogP contribution is 2.66. The van der Waals surface area contributed by atoms with Crippen LogP contribution in [0.4, 0.5) is 0 Å². The molecule has 12 saturated carbocycles. The minimum atomic E-state index is 0.0417. The summed E-state index contributed by atoms with van der Waals surface area (Å²) in [4.78, 5) is 0. The molecule has 3 aromatic rings. The highest BCUT2D eigenvalue weighted by Gasteiger charge is 2.62. The van der Waals surface area contributed by atoms with Crippen LogP contribution in [-0.4, -0.2) is 155 Å². The lowest BCUT2D eigenvalue weighted by Gasteiger charge is -2.38. The lowest BCUT2D eigenvalue weighted by atomic mass is 9.70. The summed E-state index contributed by atoms with van der Waals surface area (Å²) in [7, 11) is 1.71. The van der Waals surface area contributed by atoms with Gasteiger partial charge in [-0.1, -0.05) is 210 Å². The summed E-state index contributed by atoms with van der Waals surface area (Å²) >= 11 is 0. The SMILES string of the molecule is CCOC(C)(C)C.CCOC1CC(C)CCC1C(C)C.CCOC1CC2CCC1(C)C2(C)C.CCOC1CC2CCC1C2.CCOC1CCCCC1.CCOCC1CC2CCC1C2.CCOCC1CCCCC1.CCOCCC1CC2CCC1C2.CCOCCC1CCCCC1.CCOCCc1ccccc1.CCOCc1ccccc1.CCOc1ccccc1.COC(C)(C)C. The van der Waals surface area contributed by atoms with E-state index in [1.165, 1.54) is 236 Å². The Hall–Kier alpha value is -3.02. The van der Waals surface area contributed by atoms with E-state index in [1.807, 2.05) is 103 Å². The molecular formula is C119H216O13. The fraction of sp³-hybridized carbons (Fsp3) is 0.849. The lowest BCUT2D eigenvalue weighted by Crippen LogP contribution is -2.37. The van der Waals surface area contributed by atoms with E-state index in [0.29, 0.717) is 35.2 Å². The molecular weight excluding hydrogens is 1640 g/mol. The average molecular weight is 1860 g/mol. The zero-order valence-corrected chi connectivity index (χ0v) is 91.0. The number of rotatable bonds is 33. The van der Waals surface area contributed by atoms with Crippen LogP contribution in [-0.2, 0) is 69.9 Å². The van der Waals surface area contributed by atoms with E-state index in [-0.39, 0.29) is 11.2 Å². The second-order valence-electron chi connectivity index (χ2n) is 43.1. The topological polar surface area (TPSA) is 120 Å². The first-order valence-corrected chi connectivity index (χ1v) is 55.5. The molecule has 12 fully saturated rings. The first-order valence-electron chi connectivity index (χ1n) is 55.5. The Labute approximate surface area is 817 Å². The van der Waals surface area contributed by atoms with Crippen molar-refractivity contribution >= 4 is 0 Å². The average Bonchev–Trinajstić information content (AvgIpc) is 1.56. The Morgan fingerprint density at radius 1 is 0.371 bits per heavy atom. The van der Waals surface area contributed by atoms with E-state index in [2.05, 4.69) is 154 Å². The van der Waals surface area contributed by atoms with Crippen LogP contribution in [0.5, 0.6) is 5.75 Å². The van der Waals surface area contributed by atoms with E-state index in [0.717, 1.165) is 214 Å². The van der Waals surface area contributed by atoms with Crippen molar-refractivity contribution in [1.82, 2.24) is 0 Å². The zero-order chi connectivity index (χ0) is 97.1. The molecule has 0 aromatic heterocycles. The minimum Gasteiger partial charge on any atom is -0.494 e. The van der Waals surface area contributed by atoms with Gasteiger partial charge in [0.2, 0.25) is 0 Å². The van der Waals surface area contributed by atoms with Gasteiger partial charge in [0.25, 0.3) is 0 Å². The van der Waals surface area contributed by atoms with Crippen molar-refractivity contribution in [3.05, 3.63) is 102 Å². The normalized spacial score (nSPS) is 26.7. The van der Waals surface area contributed by atoms with Gasteiger partial charge >= 0.3 is 0 Å². The second kappa shape index (κ2) is 74.9. The van der Waals surface area contributed by atoms with Crippen LogP contribution in [0.25, 0.3) is 0 Å². The van der Waals surface area contributed by atoms with Crippen molar-refractivity contribution in [3.8, 4) is 5.75 Å². The third-order valence-corrected chi connectivity index (χ3v) is 30.6. The quantitative estimate of drug-likeness (QED) is 0.0539. The molecule has 3 aromatic carbocycles. The fourth-order valence-electron chi connectivity index (χ4n) is 22.5. The number of hydrogen-bond acceptors (Lipinski definition) is 13. The summed E-state index contributed by atoms with van der Waals surface area (Å²) in [5.41, 5.74) is 3.64. The van der Waals surface area contributed by atoms with Crippen LogP contribution in [0.2, 0.25) is 0 Å². The molecule has 0 heterocycles. The van der Waals surface area contributed by atoms with Gasteiger partial charge in [0.1, 0.15) is 5.75 Å². The van der Waals surface area contributed by atoms with E-state index in [9.17, 15) is 0 Å². The first kappa shape index (κ1) is 123. The van der Waals surface area contributed by atoms with Crippen molar-refractivity contribution < 1.29 is 61.6 Å². The monoisotopic (exact) mass is 1850 g/mol. The Morgan fingerprint density at radius 2 is 0.833 bits per heavy atom. The van der Waals surface area contributed by atoms with Crippen LogP contribution in [0, 0.1) is 93.7 Å². The Morgan fingerprint density at radius 3 is 1.26 bits per heavy atom. The van der Waals surface area contributed by atoms with Gasteiger partial charge < -0.3 is 61.6 Å². The number of benzene rings is 3. The van der Waals surface area contributed by atoms with Gasteiger partial charge in [0.15, 0.2) is 0 Å².